The molecule has 0 saturated heterocycles. The van der Waals surface area contributed by atoms with Crippen LogP contribution in [-0.4, -0.2) is 9.36 Å². The van der Waals surface area contributed by atoms with E-state index in [-0.39, 0.29) is 5.41 Å². The van der Waals surface area contributed by atoms with Crippen molar-refractivity contribution in [3.05, 3.63) is 29.6 Å². The van der Waals surface area contributed by atoms with Crippen molar-refractivity contribution in [2.24, 2.45) is 0 Å². The van der Waals surface area contributed by atoms with Gasteiger partial charge in [-0.25, -0.2) is 0 Å². The van der Waals surface area contributed by atoms with E-state index in [1.165, 1.54) is 11.5 Å². The van der Waals surface area contributed by atoms with Crippen LogP contribution in [0.1, 0.15) is 32.2 Å². The smallest absolute Gasteiger partial charge is 0.298 e. The quantitative estimate of drug-likeness (QED) is 0.842. The van der Waals surface area contributed by atoms with Crippen molar-refractivity contribution in [2.75, 3.05) is 5.73 Å². The number of anilines is 1. The summed E-state index contributed by atoms with van der Waals surface area (Å²) in [6, 6.07) is 5.67. The van der Waals surface area contributed by atoms with Gasteiger partial charge in [-0.1, -0.05) is 26.8 Å². The molecule has 0 atom stereocenters. The fourth-order valence-corrected chi connectivity index (χ4v) is 2.11. The molecule has 1 aromatic heterocycles. The third kappa shape index (κ3) is 2.79. The lowest BCUT2D eigenvalue weighted by atomic mass is 9.96. The van der Waals surface area contributed by atoms with Gasteiger partial charge in [-0.05, 0) is 24.6 Å². The number of hydrogen-bond donors (Lipinski definition) is 1. The highest BCUT2D eigenvalue weighted by atomic mass is 32.1. The molecular formula is C13H17N3OS. The number of aryl methyl sites for hydroxylation is 1. The zero-order valence-corrected chi connectivity index (χ0v) is 11.8. The maximum atomic E-state index is 5.86. The second kappa shape index (κ2) is 4.57. The van der Waals surface area contributed by atoms with Crippen LogP contribution < -0.4 is 10.5 Å². The summed E-state index contributed by atoms with van der Waals surface area (Å²) in [4.78, 5) is 4.38. The monoisotopic (exact) mass is 263 g/mol. The molecule has 96 valence electrons. The van der Waals surface area contributed by atoms with Crippen molar-refractivity contribution in [3.8, 4) is 10.9 Å². The van der Waals surface area contributed by atoms with Crippen LogP contribution in [0.25, 0.3) is 0 Å². The van der Waals surface area contributed by atoms with Crippen LogP contribution in [0, 0.1) is 6.92 Å². The van der Waals surface area contributed by atoms with Crippen molar-refractivity contribution in [2.45, 2.75) is 33.1 Å². The maximum Gasteiger partial charge on any atom is 0.298 e. The van der Waals surface area contributed by atoms with E-state index in [2.05, 4.69) is 30.1 Å². The van der Waals surface area contributed by atoms with Gasteiger partial charge in [-0.3, -0.25) is 0 Å². The topological polar surface area (TPSA) is 61.0 Å². The largest absolute Gasteiger partial charge is 0.428 e. The van der Waals surface area contributed by atoms with Gasteiger partial charge in [0.1, 0.15) is 0 Å². The Hall–Kier alpha value is -1.62. The maximum absolute atomic E-state index is 5.86. The third-order valence-electron chi connectivity index (χ3n) is 2.44. The minimum atomic E-state index is -0.0732. The Balaban J connectivity index is 2.24. The highest BCUT2D eigenvalue weighted by Crippen LogP contribution is 2.31. The molecule has 2 rings (SSSR count). The second-order valence-corrected chi connectivity index (χ2v) is 5.99. The lowest BCUT2D eigenvalue weighted by molar-refractivity contribution is 0.469. The summed E-state index contributed by atoms with van der Waals surface area (Å²) < 4.78 is 9.99. The molecule has 1 aromatic carbocycles. The van der Waals surface area contributed by atoms with Gasteiger partial charge in [-0.15, -0.1) is 0 Å². The Labute approximate surface area is 111 Å². The predicted octanol–water partition coefficient (Wildman–Crippen LogP) is 3.52. The fraction of sp³-hybridized carbons (Fsp3) is 0.385. The lowest BCUT2D eigenvalue weighted by Gasteiger charge is -2.12. The first-order valence-electron chi connectivity index (χ1n) is 5.74. The summed E-state index contributed by atoms with van der Waals surface area (Å²) in [5.74, 6) is 1.42. The SMILES string of the molecule is Cc1ccc(N)c(Oc2nc(C(C)(C)C)ns2)c1. The average molecular weight is 263 g/mol. The van der Waals surface area contributed by atoms with E-state index in [9.17, 15) is 0 Å². The van der Waals surface area contributed by atoms with Crippen molar-refractivity contribution in [1.29, 1.82) is 0 Å². The summed E-state index contributed by atoms with van der Waals surface area (Å²) in [6.07, 6.45) is 0. The number of nitrogen functional groups attached to an aromatic ring is 1. The molecule has 0 aliphatic heterocycles. The van der Waals surface area contributed by atoms with Crippen LogP contribution in [0.3, 0.4) is 0 Å². The minimum absolute atomic E-state index is 0.0732. The van der Waals surface area contributed by atoms with Gasteiger partial charge in [0.15, 0.2) is 11.6 Å². The molecule has 0 amide bonds. The molecule has 5 heteroatoms. The average Bonchev–Trinajstić information content (AvgIpc) is 2.71. The van der Waals surface area contributed by atoms with Crippen LogP contribution in [0.5, 0.6) is 10.9 Å². The second-order valence-electron chi connectivity index (χ2n) is 5.28. The van der Waals surface area contributed by atoms with Gasteiger partial charge in [-0.2, -0.15) is 9.36 Å². The molecule has 0 aliphatic carbocycles. The first-order valence-corrected chi connectivity index (χ1v) is 6.52. The summed E-state index contributed by atoms with van der Waals surface area (Å²) in [6.45, 7) is 8.20. The zero-order valence-electron chi connectivity index (χ0n) is 11.0. The van der Waals surface area contributed by atoms with Gasteiger partial charge in [0.25, 0.3) is 5.19 Å². The van der Waals surface area contributed by atoms with Crippen LogP contribution in [0.15, 0.2) is 18.2 Å². The Morgan fingerprint density at radius 1 is 1.28 bits per heavy atom. The molecule has 2 N–H and O–H groups in total. The number of rotatable bonds is 2. The molecule has 0 spiro atoms. The molecule has 4 nitrogen and oxygen atoms in total. The van der Waals surface area contributed by atoms with Gasteiger partial charge < -0.3 is 10.5 Å². The molecule has 0 fully saturated rings. The standard InChI is InChI=1S/C13H17N3OS/c1-8-5-6-9(14)10(7-8)17-12-15-11(16-18-12)13(2,3)4/h5-7H,14H2,1-4H3. The fourth-order valence-electron chi connectivity index (χ4n) is 1.38. The number of hydrogen-bond acceptors (Lipinski definition) is 5. The van der Waals surface area contributed by atoms with E-state index >= 15 is 0 Å². The van der Waals surface area contributed by atoms with Crippen LogP contribution in [-0.2, 0) is 5.41 Å². The number of ether oxygens (including phenoxy) is 1. The van der Waals surface area contributed by atoms with Crippen molar-refractivity contribution in [3.63, 3.8) is 0 Å². The molecule has 1 heterocycles. The number of nitrogens with two attached hydrogens (primary N) is 1. The van der Waals surface area contributed by atoms with E-state index in [4.69, 9.17) is 10.5 Å². The summed E-state index contributed by atoms with van der Waals surface area (Å²) >= 11 is 1.25. The van der Waals surface area contributed by atoms with Crippen molar-refractivity contribution < 1.29 is 4.74 Å². The Morgan fingerprint density at radius 2 is 2.00 bits per heavy atom. The molecular weight excluding hydrogens is 246 g/mol. The number of nitrogens with zero attached hydrogens (tertiary/aromatic N) is 2. The minimum Gasteiger partial charge on any atom is -0.428 e. The van der Waals surface area contributed by atoms with E-state index in [1.807, 2.05) is 25.1 Å². The molecule has 0 bridgehead atoms. The molecule has 0 unspecified atom stereocenters. The highest BCUT2D eigenvalue weighted by Gasteiger charge is 2.20. The van der Waals surface area contributed by atoms with Crippen LogP contribution in [0.4, 0.5) is 5.69 Å². The molecule has 0 radical (unpaired) electrons. The summed E-state index contributed by atoms with van der Waals surface area (Å²) in [7, 11) is 0. The van der Waals surface area contributed by atoms with Crippen LogP contribution >= 0.6 is 11.5 Å². The number of benzene rings is 1. The molecule has 0 saturated carbocycles. The Morgan fingerprint density at radius 3 is 2.61 bits per heavy atom. The number of aromatic nitrogens is 2. The summed E-state index contributed by atoms with van der Waals surface area (Å²) in [5.41, 5.74) is 7.49. The Kier molecular flexibility index (Phi) is 3.26. The van der Waals surface area contributed by atoms with Gasteiger partial charge >= 0.3 is 0 Å². The molecule has 2 aromatic rings. The molecule has 0 aliphatic rings. The van der Waals surface area contributed by atoms with Crippen molar-refractivity contribution >= 4 is 17.2 Å². The van der Waals surface area contributed by atoms with E-state index < -0.39 is 0 Å². The van der Waals surface area contributed by atoms with Gasteiger partial charge in [0.05, 0.1) is 5.69 Å². The predicted molar refractivity (Wildman–Crippen MR) is 74.3 cm³/mol. The normalized spacial score (nSPS) is 11.6. The first kappa shape index (κ1) is 12.8. The van der Waals surface area contributed by atoms with E-state index in [0.29, 0.717) is 16.6 Å². The van der Waals surface area contributed by atoms with Gasteiger partial charge in [0, 0.05) is 16.9 Å². The van der Waals surface area contributed by atoms with E-state index in [0.717, 1.165) is 11.4 Å². The lowest BCUT2D eigenvalue weighted by Crippen LogP contribution is -2.12. The highest BCUT2D eigenvalue weighted by molar-refractivity contribution is 7.07. The zero-order chi connectivity index (χ0) is 13.3. The van der Waals surface area contributed by atoms with Gasteiger partial charge in [0.2, 0.25) is 0 Å². The molecule has 18 heavy (non-hydrogen) atoms. The van der Waals surface area contributed by atoms with E-state index in [1.54, 1.807) is 0 Å². The Bertz CT molecular complexity index is 558. The van der Waals surface area contributed by atoms with Crippen LogP contribution in [0.2, 0.25) is 0 Å². The first-order chi connectivity index (χ1) is 8.36. The third-order valence-corrected chi connectivity index (χ3v) is 3.04. The summed E-state index contributed by atoms with van der Waals surface area (Å²) in [5, 5.41) is 0.525. The van der Waals surface area contributed by atoms with Crippen molar-refractivity contribution in [1.82, 2.24) is 9.36 Å².